The molecule has 0 aromatic heterocycles. The fraction of sp³-hybridized carbons (Fsp3) is 0.333. The van der Waals surface area contributed by atoms with E-state index in [2.05, 4.69) is 0 Å². The fourth-order valence-corrected chi connectivity index (χ4v) is 4.89. The summed E-state index contributed by atoms with van der Waals surface area (Å²) in [5.41, 5.74) is 0.407. The maximum absolute atomic E-state index is 14.2. The van der Waals surface area contributed by atoms with Crippen molar-refractivity contribution < 1.29 is 22.3 Å². The summed E-state index contributed by atoms with van der Waals surface area (Å²) < 4.78 is 52.1. The summed E-state index contributed by atoms with van der Waals surface area (Å²) in [4.78, 5) is 0.105. The van der Waals surface area contributed by atoms with Gasteiger partial charge in [-0.25, -0.2) is 12.8 Å². The number of halogens is 1. The molecule has 1 aliphatic heterocycles. The first-order valence-electron chi connectivity index (χ1n) is 7.97. The van der Waals surface area contributed by atoms with Crippen LogP contribution in [0.25, 0.3) is 0 Å². The molecule has 7 heteroatoms. The van der Waals surface area contributed by atoms with Gasteiger partial charge in [-0.1, -0.05) is 18.2 Å². The molecule has 5 nitrogen and oxygen atoms in total. The number of hydrogen-bond acceptors (Lipinski definition) is 4. The van der Waals surface area contributed by atoms with Crippen LogP contribution in [0.4, 0.5) is 4.39 Å². The Morgan fingerprint density at radius 3 is 2.48 bits per heavy atom. The molecule has 3 rings (SSSR count). The van der Waals surface area contributed by atoms with E-state index in [0.29, 0.717) is 36.4 Å². The van der Waals surface area contributed by atoms with Gasteiger partial charge in [-0.2, -0.15) is 4.31 Å². The van der Waals surface area contributed by atoms with Gasteiger partial charge in [0, 0.05) is 18.2 Å². The van der Waals surface area contributed by atoms with Gasteiger partial charge in [0.2, 0.25) is 10.0 Å². The Morgan fingerprint density at radius 1 is 1.08 bits per heavy atom. The quantitative estimate of drug-likeness (QED) is 0.815. The minimum Gasteiger partial charge on any atom is -0.493 e. The van der Waals surface area contributed by atoms with Gasteiger partial charge >= 0.3 is 0 Å². The molecule has 25 heavy (non-hydrogen) atoms. The lowest BCUT2D eigenvalue weighted by atomic mass is 10.1. The maximum Gasteiger partial charge on any atom is 0.243 e. The molecule has 0 aliphatic carbocycles. The van der Waals surface area contributed by atoms with Gasteiger partial charge < -0.3 is 9.47 Å². The van der Waals surface area contributed by atoms with E-state index in [1.807, 2.05) is 0 Å². The molecule has 2 aromatic carbocycles. The van der Waals surface area contributed by atoms with Crippen LogP contribution in [-0.2, 0) is 10.0 Å². The van der Waals surface area contributed by atoms with Crippen LogP contribution in [0, 0.1) is 5.82 Å². The van der Waals surface area contributed by atoms with Gasteiger partial charge in [0.15, 0.2) is 11.5 Å². The van der Waals surface area contributed by atoms with Crippen molar-refractivity contribution in [3.63, 3.8) is 0 Å². The van der Waals surface area contributed by atoms with E-state index in [0.717, 1.165) is 0 Å². The van der Waals surface area contributed by atoms with Crippen LogP contribution in [0.2, 0.25) is 0 Å². The summed E-state index contributed by atoms with van der Waals surface area (Å²) in [5.74, 6) is 0.403. The molecule has 134 valence electrons. The highest BCUT2D eigenvalue weighted by molar-refractivity contribution is 7.89. The lowest BCUT2D eigenvalue weighted by Gasteiger charge is -2.25. The first-order chi connectivity index (χ1) is 12.0. The molecule has 1 saturated heterocycles. The van der Waals surface area contributed by atoms with Crippen LogP contribution in [-0.4, -0.2) is 33.5 Å². The summed E-state index contributed by atoms with van der Waals surface area (Å²) in [6.07, 6.45) is 1.28. The van der Waals surface area contributed by atoms with Crippen LogP contribution >= 0.6 is 0 Å². The Morgan fingerprint density at radius 2 is 1.80 bits per heavy atom. The van der Waals surface area contributed by atoms with Gasteiger partial charge in [-0.15, -0.1) is 0 Å². The van der Waals surface area contributed by atoms with Crippen molar-refractivity contribution in [3.05, 3.63) is 53.8 Å². The highest BCUT2D eigenvalue weighted by Crippen LogP contribution is 2.39. The van der Waals surface area contributed by atoms with Crippen molar-refractivity contribution in [3.8, 4) is 11.5 Å². The van der Waals surface area contributed by atoms with Crippen molar-refractivity contribution in [1.29, 1.82) is 0 Å². The smallest absolute Gasteiger partial charge is 0.243 e. The van der Waals surface area contributed by atoms with Gasteiger partial charge in [0.25, 0.3) is 0 Å². The van der Waals surface area contributed by atoms with Crippen LogP contribution < -0.4 is 9.47 Å². The first kappa shape index (κ1) is 17.7. The van der Waals surface area contributed by atoms with E-state index in [1.165, 1.54) is 36.7 Å². The topological polar surface area (TPSA) is 55.8 Å². The normalized spacial score (nSPS) is 18.3. The predicted octanol–water partition coefficient (Wildman–Crippen LogP) is 3.37. The van der Waals surface area contributed by atoms with Crippen molar-refractivity contribution in [2.45, 2.75) is 23.8 Å². The number of methoxy groups -OCH3 is 2. The van der Waals surface area contributed by atoms with Crippen molar-refractivity contribution >= 4 is 10.0 Å². The fourth-order valence-electron chi connectivity index (χ4n) is 3.20. The number of rotatable bonds is 5. The first-order valence-corrected chi connectivity index (χ1v) is 9.41. The summed E-state index contributed by atoms with van der Waals surface area (Å²) in [7, 11) is -0.842. The summed E-state index contributed by atoms with van der Waals surface area (Å²) in [6.45, 7) is 0.357. The minimum absolute atomic E-state index is 0.105. The molecule has 0 unspecified atom stereocenters. The Hall–Kier alpha value is -2.12. The van der Waals surface area contributed by atoms with Crippen LogP contribution in [0.1, 0.15) is 24.4 Å². The second-order valence-corrected chi connectivity index (χ2v) is 7.70. The highest BCUT2D eigenvalue weighted by atomic mass is 32.2. The molecule has 2 aromatic rings. The number of nitrogens with zero attached hydrogens (tertiary/aromatic N) is 1. The third kappa shape index (κ3) is 3.21. The van der Waals surface area contributed by atoms with E-state index in [-0.39, 0.29) is 10.7 Å². The third-order valence-electron chi connectivity index (χ3n) is 4.43. The molecule has 0 amide bonds. The standard InChI is InChI=1S/C18H20FNO4S/c1-23-17-10-9-13(12-18(17)24-2)25(21,22)20-11-5-8-16(20)14-6-3-4-7-15(14)19/h3-4,6-7,9-10,12,16H,5,8,11H2,1-2H3/t16-/m1/s1. The van der Waals surface area contributed by atoms with Gasteiger partial charge in [-0.05, 0) is 31.0 Å². The second-order valence-electron chi connectivity index (χ2n) is 5.81. The zero-order valence-electron chi connectivity index (χ0n) is 14.1. The minimum atomic E-state index is -3.78. The predicted molar refractivity (Wildman–Crippen MR) is 91.8 cm³/mol. The van der Waals surface area contributed by atoms with Gasteiger partial charge in [0.05, 0.1) is 25.2 Å². The number of hydrogen-bond donors (Lipinski definition) is 0. The number of sulfonamides is 1. The Labute approximate surface area is 147 Å². The Kier molecular flexibility index (Phi) is 4.96. The third-order valence-corrected chi connectivity index (χ3v) is 6.33. The van der Waals surface area contributed by atoms with E-state index >= 15 is 0 Å². The van der Waals surface area contributed by atoms with E-state index < -0.39 is 16.1 Å². The van der Waals surface area contributed by atoms with Crippen LogP contribution in [0.5, 0.6) is 11.5 Å². The van der Waals surface area contributed by atoms with E-state index in [1.54, 1.807) is 24.3 Å². The number of ether oxygens (including phenoxy) is 2. The molecule has 1 fully saturated rings. The maximum atomic E-state index is 14.2. The monoisotopic (exact) mass is 365 g/mol. The number of benzene rings is 2. The zero-order chi connectivity index (χ0) is 18.0. The van der Waals surface area contributed by atoms with Gasteiger partial charge in [0.1, 0.15) is 5.82 Å². The molecule has 0 spiro atoms. The molecule has 1 heterocycles. The van der Waals surface area contributed by atoms with Crippen LogP contribution in [0.3, 0.4) is 0 Å². The highest BCUT2D eigenvalue weighted by Gasteiger charge is 2.37. The molecule has 0 saturated carbocycles. The van der Waals surface area contributed by atoms with Crippen molar-refractivity contribution in [2.75, 3.05) is 20.8 Å². The van der Waals surface area contributed by atoms with Gasteiger partial charge in [-0.3, -0.25) is 0 Å². The van der Waals surface area contributed by atoms with E-state index in [9.17, 15) is 12.8 Å². The van der Waals surface area contributed by atoms with Crippen molar-refractivity contribution in [1.82, 2.24) is 4.31 Å². The zero-order valence-corrected chi connectivity index (χ0v) is 14.9. The second kappa shape index (κ2) is 7.01. The van der Waals surface area contributed by atoms with Crippen LogP contribution in [0.15, 0.2) is 47.4 Å². The average molecular weight is 365 g/mol. The lowest BCUT2D eigenvalue weighted by molar-refractivity contribution is 0.353. The average Bonchev–Trinajstić information content (AvgIpc) is 3.11. The molecule has 1 atom stereocenters. The molecular formula is C18H20FNO4S. The molecule has 0 radical (unpaired) electrons. The molecule has 0 bridgehead atoms. The molecule has 1 aliphatic rings. The van der Waals surface area contributed by atoms with Crippen molar-refractivity contribution in [2.24, 2.45) is 0 Å². The summed E-state index contributed by atoms with van der Waals surface area (Å²) in [6, 6.07) is 10.3. The summed E-state index contributed by atoms with van der Waals surface area (Å²) in [5, 5.41) is 0. The molecule has 0 N–H and O–H groups in total. The Bertz CT molecular complexity index is 869. The molecular weight excluding hydrogens is 345 g/mol. The Balaban J connectivity index is 2.00. The van der Waals surface area contributed by atoms with E-state index in [4.69, 9.17) is 9.47 Å². The summed E-state index contributed by atoms with van der Waals surface area (Å²) >= 11 is 0. The lowest BCUT2D eigenvalue weighted by Crippen LogP contribution is -2.31. The largest absolute Gasteiger partial charge is 0.493 e. The SMILES string of the molecule is COc1ccc(S(=O)(=O)N2CCC[C@@H]2c2ccccc2F)cc1OC.